The number of hydrogen-bond donors (Lipinski definition) is 0. The normalized spacial score (nSPS) is 12.6. The lowest BCUT2D eigenvalue weighted by atomic mass is 10.0. The van der Waals surface area contributed by atoms with Crippen LogP contribution in [-0.4, -0.2) is 24.3 Å². The highest BCUT2D eigenvalue weighted by Crippen LogP contribution is 2.38. The molecule has 0 saturated carbocycles. The van der Waals surface area contributed by atoms with E-state index >= 15 is 0 Å². The summed E-state index contributed by atoms with van der Waals surface area (Å²) in [5, 5.41) is 5.52. The van der Waals surface area contributed by atoms with Gasteiger partial charge in [0, 0.05) is 34.8 Å². The van der Waals surface area contributed by atoms with E-state index in [0.29, 0.717) is 17.3 Å². The first-order valence-corrected chi connectivity index (χ1v) is 8.84. The van der Waals surface area contributed by atoms with E-state index < -0.39 is 0 Å². The van der Waals surface area contributed by atoms with Gasteiger partial charge in [0.1, 0.15) is 18.3 Å². The molecule has 0 fully saturated rings. The van der Waals surface area contributed by atoms with E-state index in [1.807, 2.05) is 29.2 Å². The first-order chi connectivity index (χ1) is 12.6. The minimum atomic E-state index is 0.278. The highest BCUT2D eigenvalue weighted by molar-refractivity contribution is 6.31. The fourth-order valence-corrected chi connectivity index (χ4v) is 3.58. The average Bonchev–Trinajstić information content (AvgIpc) is 3.33. The van der Waals surface area contributed by atoms with Gasteiger partial charge in [0.2, 0.25) is 5.89 Å². The van der Waals surface area contributed by atoms with Crippen molar-refractivity contribution in [1.29, 1.82) is 0 Å². The zero-order chi connectivity index (χ0) is 17.8. The summed E-state index contributed by atoms with van der Waals surface area (Å²) in [6, 6.07) is 6.14. The van der Waals surface area contributed by atoms with E-state index in [9.17, 15) is 0 Å². The Labute approximate surface area is 155 Å². The highest BCUT2D eigenvalue weighted by Gasteiger charge is 2.27. The smallest absolute Gasteiger partial charge is 0.246 e. The molecular weight excluding hydrogens is 350 g/mol. The molecule has 0 N–H and O–H groups in total. The first-order valence-electron chi connectivity index (χ1n) is 8.46. The second kappa shape index (κ2) is 5.57. The van der Waals surface area contributed by atoms with Gasteiger partial charge in [-0.1, -0.05) is 11.6 Å². The number of aromatic nitrogens is 5. The molecule has 7 heteroatoms. The number of oxazole rings is 1. The van der Waals surface area contributed by atoms with Crippen LogP contribution in [0.1, 0.15) is 31.1 Å². The summed E-state index contributed by atoms with van der Waals surface area (Å²) in [6.45, 7) is 4.24. The average molecular weight is 366 g/mol. The zero-order valence-electron chi connectivity index (χ0n) is 14.3. The minimum Gasteiger partial charge on any atom is -0.443 e. The number of fused-ring (bicyclic) bond motifs is 5. The van der Waals surface area contributed by atoms with E-state index in [0.717, 1.165) is 33.9 Å². The van der Waals surface area contributed by atoms with Crippen molar-refractivity contribution in [3.63, 3.8) is 0 Å². The maximum atomic E-state index is 6.29. The molecule has 4 heterocycles. The number of halogens is 1. The Kier molecular flexibility index (Phi) is 3.30. The van der Waals surface area contributed by atoms with Crippen molar-refractivity contribution in [1.82, 2.24) is 24.3 Å². The molecule has 0 amide bonds. The lowest BCUT2D eigenvalue weighted by molar-refractivity contribution is 0.533. The van der Waals surface area contributed by atoms with Crippen molar-refractivity contribution in [3.8, 4) is 28.5 Å². The van der Waals surface area contributed by atoms with E-state index in [-0.39, 0.29) is 6.04 Å². The molecular formula is C19H16ClN5O. The van der Waals surface area contributed by atoms with E-state index in [2.05, 4.69) is 34.6 Å². The van der Waals surface area contributed by atoms with E-state index in [4.69, 9.17) is 21.1 Å². The van der Waals surface area contributed by atoms with Gasteiger partial charge in [-0.3, -0.25) is 4.68 Å². The Balaban J connectivity index is 1.80. The quantitative estimate of drug-likeness (QED) is 0.461. The van der Waals surface area contributed by atoms with Crippen LogP contribution in [0.4, 0.5) is 0 Å². The van der Waals surface area contributed by atoms with Crippen molar-refractivity contribution in [2.45, 2.75) is 26.3 Å². The predicted molar refractivity (Wildman–Crippen MR) is 98.5 cm³/mol. The fraction of sp³-hybridized carbons (Fsp3) is 0.211. The van der Waals surface area contributed by atoms with Gasteiger partial charge in [-0.15, -0.1) is 0 Å². The summed E-state index contributed by atoms with van der Waals surface area (Å²) in [5.74, 6) is 0.522. The van der Waals surface area contributed by atoms with Crippen molar-refractivity contribution in [2.75, 3.05) is 0 Å². The van der Waals surface area contributed by atoms with Crippen LogP contribution in [0.15, 0.2) is 47.6 Å². The lowest BCUT2D eigenvalue weighted by Gasteiger charge is -2.10. The van der Waals surface area contributed by atoms with Gasteiger partial charge < -0.3 is 8.98 Å². The Bertz CT molecular complexity index is 1110. The number of nitrogens with zero attached hydrogens (tertiary/aromatic N) is 5. The van der Waals surface area contributed by atoms with Crippen LogP contribution in [0.2, 0.25) is 5.02 Å². The summed E-state index contributed by atoms with van der Waals surface area (Å²) in [4.78, 5) is 8.84. The summed E-state index contributed by atoms with van der Waals surface area (Å²) in [6.07, 6.45) is 7.80. The maximum Gasteiger partial charge on any atom is 0.246 e. The maximum absolute atomic E-state index is 6.29. The molecule has 0 saturated heterocycles. The fourth-order valence-electron chi connectivity index (χ4n) is 3.41. The first kappa shape index (κ1) is 15.4. The van der Waals surface area contributed by atoms with Gasteiger partial charge in [0.25, 0.3) is 0 Å². The Morgan fingerprint density at radius 1 is 1.19 bits per heavy atom. The topological polar surface area (TPSA) is 61.7 Å². The van der Waals surface area contributed by atoms with Crippen LogP contribution in [0.3, 0.4) is 0 Å². The van der Waals surface area contributed by atoms with Crippen LogP contribution in [0.5, 0.6) is 0 Å². The molecule has 0 atom stereocenters. The molecule has 26 heavy (non-hydrogen) atoms. The standard InChI is InChI=1S/C19H16ClN5O/c1-11(2)25-9-12-7-16-18(19-21-5-6-26-19)22-10-24(16)15-4-3-13(20)8-14(15)17(12)23-25/h3-6,8-11H,7H2,1-2H3. The van der Waals surface area contributed by atoms with E-state index in [1.165, 1.54) is 0 Å². The second-order valence-corrected chi connectivity index (χ2v) is 7.10. The van der Waals surface area contributed by atoms with Gasteiger partial charge in [0.05, 0.1) is 23.3 Å². The molecule has 1 aliphatic heterocycles. The number of rotatable bonds is 2. The van der Waals surface area contributed by atoms with Crippen LogP contribution in [0, 0.1) is 0 Å². The molecule has 0 unspecified atom stereocenters. The highest BCUT2D eigenvalue weighted by atomic mass is 35.5. The monoisotopic (exact) mass is 365 g/mol. The molecule has 3 aromatic heterocycles. The van der Waals surface area contributed by atoms with Crippen LogP contribution >= 0.6 is 11.6 Å². The predicted octanol–water partition coefficient (Wildman–Crippen LogP) is 4.53. The van der Waals surface area contributed by atoms with Gasteiger partial charge in [-0.25, -0.2) is 9.97 Å². The van der Waals surface area contributed by atoms with Crippen LogP contribution in [0.25, 0.3) is 28.5 Å². The summed E-state index contributed by atoms with van der Waals surface area (Å²) < 4.78 is 9.56. The van der Waals surface area contributed by atoms with Crippen LogP contribution in [-0.2, 0) is 6.42 Å². The molecule has 0 aliphatic carbocycles. The van der Waals surface area contributed by atoms with Crippen molar-refractivity contribution in [3.05, 3.63) is 59.5 Å². The third kappa shape index (κ3) is 2.22. The molecule has 0 bridgehead atoms. The Morgan fingerprint density at radius 2 is 2.08 bits per heavy atom. The summed E-state index contributed by atoms with van der Waals surface area (Å²) in [7, 11) is 0. The van der Waals surface area contributed by atoms with Crippen molar-refractivity contribution in [2.24, 2.45) is 0 Å². The molecule has 6 nitrogen and oxygen atoms in total. The van der Waals surface area contributed by atoms with Gasteiger partial charge in [-0.05, 0) is 32.0 Å². The summed E-state index contributed by atoms with van der Waals surface area (Å²) >= 11 is 6.29. The molecule has 1 aliphatic rings. The Hall–Kier alpha value is -2.86. The molecule has 1 aromatic carbocycles. The zero-order valence-corrected chi connectivity index (χ0v) is 15.1. The third-order valence-corrected chi connectivity index (χ3v) is 4.90. The molecule has 4 aromatic rings. The number of hydrogen-bond acceptors (Lipinski definition) is 4. The molecule has 5 rings (SSSR count). The van der Waals surface area contributed by atoms with Gasteiger partial charge >= 0.3 is 0 Å². The minimum absolute atomic E-state index is 0.278. The molecule has 0 radical (unpaired) electrons. The largest absolute Gasteiger partial charge is 0.443 e. The number of benzene rings is 1. The number of imidazole rings is 1. The van der Waals surface area contributed by atoms with Crippen molar-refractivity contribution >= 4 is 11.6 Å². The third-order valence-electron chi connectivity index (χ3n) is 4.67. The lowest BCUT2D eigenvalue weighted by Crippen LogP contribution is -2.03. The van der Waals surface area contributed by atoms with E-state index in [1.54, 1.807) is 12.5 Å². The van der Waals surface area contributed by atoms with Gasteiger partial charge in [-0.2, -0.15) is 5.10 Å². The van der Waals surface area contributed by atoms with Crippen molar-refractivity contribution < 1.29 is 4.42 Å². The van der Waals surface area contributed by atoms with Crippen LogP contribution < -0.4 is 0 Å². The molecule has 0 spiro atoms. The van der Waals surface area contributed by atoms with Gasteiger partial charge in [0.15, 0.2) is 0 Å². The Morgan fingerprint density at radius 3 is 2.85 bits per heavy atom. The second-order valence-electron chi connectivity index (χ2n) is 6.66. The molecule has 130 valence electrons. The SMILES string of the molecule is CC(C)n1cc2c(n1)-c1cc(Cl)ccc1-n1cnc(-c3ncco3)c1C2. The summed E-state index contributed by atoms with van der Waals surface area (Å²) in [5.41, 5.74) is 5.87.